The predicted molar refractivity (Wildman–Crippen MR) is 108 cm³/mol. The van der Waals surface area contributed by atoms with Crippen LogP contribution in [0.15, 0.2) is 20.1 Å². The van der Waals surface area contributed by atoms with Crippen LogP contribution < -0.4 is 0 Å². The first kappa shape index (κ1) is 20.2. The molecule has 0 aromatic heterocycles. The average Bonchev–Trinajstić information content (AvgIpc) is 2.73. The number of allylic oxidation sites excluding steroid dienone is 4. The zero-order valence-electron chi connectivity index (χ0n) is 10.7. The minimum atomic E-state index is -1.86. The molecule has 4 rings (SSSR count). The molecule has 0 nitrogen and oxygen atoms in total. The van der Waals surface area contributed by atoms with Crippen molar-refractivity contribution in [3.63, 3.8) is 0 Å². The summed E-state index contributed by atoms with van der Waals surface area (Å²) < 4.78 is -3.70. The van der Waals surface area contributed by atoms with Crippen LogP contribution >= 0.6 is 139 Å². The van der Waals surface area contributed by atoms with E-state index in [-0.39, 0.29) is 20.1 Å². The number of hydrogen-bond acceptors (Lipinski definition) is 0. The summed E-state index contributed by atoms with van der Waals surface area (Å²) in [5.74, 6) is -1.66. The highest BCUT2D eigenvalue weighted by molar-refractivity contribution is 6.70. The van der Waals surface area contributed by atoms with E-state index < -0.39 is 40.0 Å². The molecule has 0 saturated heterocycles. The standard InChI is InChI=1S/C12H2Cl12/c13-3-4(14)9(19)2-1(8(3,18)12(9,23)24)7(17)5(15)6(16)11(21,22)10(2,7)20/h1-2H/t1-,2-,7+,8-,9-,10-/m0/s1. The van der Waals surface area contributed by atoms with Crippen LogP contribution in [0.3, 0.4) is 0 Å². The highest BCUT2D eigenvalue weighted by Crippen LogP contribution is 2.91. The molecule has 0 radical (unpaired) electrons. The summed E-state index contributed by atoms with van der Waals surface area (Å²) in [6, 6.07) is 0. The van der Waals surface area contributed by atoms with Gasteiger partial charge >= 0.3 is 0 Å². The molecular weight excluding hydrogens is 570 g/mol. The second kappa shape index (κ2) is 4.98. The maximum Gasteiger partial charge on any atom is 0.176 e. The third kappa shape index (κ3) is 1.46. The molecule has 4 aliphatic carbocycles. The van der Waals surface area contributed by atoms with Gasteiger partial charge in [0.05, 0.1) is 20.1 Å². The van der Waals surface area contributed by atoms with E-state index in [0.29, 0.717) is 0 Å². The topological polar surface area (TPSA) is 0 Å². The minimum Gasteiger partial charge on any atom is -0.113 e. The van der Waals surface area contributed by atoms with E-state index in [1.165, 1.54) is 0 Å². The molecular formula is C12H2Cl12. The van der Waals surface area contributed by atoms with E-state index in [4.69, 9.17) is 139 Å². The molecule has 0 aromatic rings. The van der Waals surface area contributed by atoms with Crippen molar-refractivity contribution in [2.45, 2.75) is 28.2 Å². The van der Waals surface area contributed by atoms with Gasteiger partial charge in [0.15, 0.2) is 8.67 Å². The Kier molecular flexibility index (Phi) is 4.20. The van der Waals surface area contributed by atoms with E-state index in [1.54, 1.807) is 0 Å². The van der Waals surface area contributed by atoms with E-state index in [9.17, 15) is 0 Å². The fraction of sp³-hybridized carbons (Fsp3) is 0.667. The number of rotatable bonds is 0. The first-order valence-corrected chi connectivity index (χ1v) is 10.8. The monoisotopic (exact) mass is 566 g/mol. The lowest BCUT2D eigenvalue weighted by Gasteiger charge is -2.65. The van der Waals surface area contributed by atoms with Crippen LogP contribution in [0.2, 0.25) is 0 Å². The predicted octanol–water partition coefficient (Wildman–Crippen LogP) is 7.91. The van der Waals surface area contributed by atoms with Crippen molar-refractivity contribution < 1.29 is 0 Å². The first-order chi connectivity index (χ1) is 10.6. The SMILES string of the molecule is ClC1=C(Cl)[C@]2(Cl)[C@@H]3[C@@H]([C@]4(Cl)C(Cl)=C(Cl)[C@]3(Cl)C4(Cl)Cl)[C@@]2(Cl)C1(Cl)Cl. The van der Waals surface area contributed by atoms with E-state index in [0.717, 1.165) is 0 Å². The van der Waals surface area contributed by atoms with Gasteiger partial charge in [0.2, 0.25) is 0 Å². The van der Waals surface area contributed by atoms with Crippen molar-refractivity contribution in [2.75, 3.05) is 0 Å². The van der Waals surface area contributed by atoms with Crippen molar-refractivity contribution >= 4 is 139 Å². The Morgan fingerprint density at radius 3 is 1.33 bits per heavy atom. The Hall–Kier alpha value is 2.96. The molecule has 0 spiro atoms. The summed E-state index contributed by atoms with van der Waals surface area (Å²) in [5.41, 5.74) is 0. The van der Waals surface area contributed by atoms with E-state index >= 15 is 0 Å². The molecule has 6 atom stereocenters. The van der Waals surface area contributed by atoms with Gasteiger partial charge in [-0.3, -0.25) is 0 Å². The third-order valence-electron chi connectivity index (χ3n) is 5.57. The Morgan fingerprint density at radius 2 is 0.875 bits per heavy atom. The Bertz CT molecular complexity index is 768. The quantitative estimate of drug-likeness (QED) is 0.259. The lowest BCUT2D eigenvalue weighted by Crippen LogP contribution is -2.78. The first-order valence-electron chi connectivity index (χ1n) is 6.26. The summed E-state index contributed by atoms with van der Waals surface area (Å²) in [7, 11) is 0. The maximum atomic E-state index is 6.82. The molecule has 0 heterocycles. The van der Waals surface area contributed by atoms with Crippen molar-refractivity contribution in [3.05, 3.63) is 20.1 Å². The molecule has 0 N–H and O–H groups in total. The molecule has 2 fully saturated rings. The fourth-order valence-electron chi connectivity index (χ4n) is 4.52. The van der Waals surface area contributed by atoms with Crippen LogP contribution in [0.1, 0.15) is 0 Å². The van der Waals surface area contributed by atoms with Gasteiger partial charge in [0.1, 0.15) is 19.5 Å². The van der Waals surface area contributed by atoms with Crippen LogP contribution in [0.25, 0.3) is 0 Å². The van der Waals surface area contributed by atoms with Crippen LogP contribution in [0, 0.1) is 11.8 Å². The summed E-state index contributed by atoms with van der Waals surface area (Å²) in [4.78, 5) is -6.55. The fourth-order valence-corrected chi connectivity index (χ4v) is 10.7. The van der Waals surface area contributed by atoms with Gasteiger partial charge in [-0.15, -0.1) is 46.4 Å². The van der Waals surface area contributed by atoms with Crippen molar-refractivity contribution in [1.82, 2.24) is 0 Å². The molecule has 0 amide bonds. The highest BCUT2D eigenvalue weighted by atomic mass is 35.5. The lowest BCUT2D eigenvalue weighted by molar-refractivity contribution is 0.0642. The van der Waals surface area contributed by atoms with E-state index in [2.05, 4.69) is 0 Å². The van der Waals surface area contributed by atoms with Gasteiger partial charge in [-0.05, 0) is 0 Å². The summed E-state index contributed by atoms with van der Waals surface area (Å²) in [6.45, 7) is 0. The molecule has 134 valence electrons. The molecule has 2 saturated carbocycles. The molecule has 0 unspecified atom stereocenters. The normalized spacial score (nSPS) is 56.5. The average molecular weight is 572 g/mol. The maximum absolute atomic E-state index is 6.82. The molecule has 0 aliphatic heterocycles. The Balaban J connectivity index is 2.09. The minimum absolute atomic E-state index is 0.0203. The van der Waals surface area contributed by atoms with Crippen molar-refractivity contribution in [1.29, 1.82) is 0 Å². The third-order valence-corrected chi connectivity index (χ3v) is 14.0. The Labute approximate surface area is 197 Å². The number of fused-ring (bicyclic) bond motifs is 8. The molecule has 24 heavy (non-hydrogen) atoms. The highest BCUT2D eigenvalue weighted by Gasteiger charge is 2.99. The largest absolute Gasteiger partial charge is 0.176 e. The van der Waals surface area contributed by atoms with Crippen LogP contribution in [0.5, 0.6) is 0 Å². The van der Waals surface area contributed by atoms with Gasteiger partial charge < -0.3 is 0 Å². The smallest absolute Gasteiger partial charge is 0.113 e. The Morgan fingerprint density at radius 1 is 0.500 bits per heavy atom. The molecule has 4 aliphatic rings. The summed E-state index contributed by atoms with van der Waals surface area (Å²) >= 11 is 78.3. The van der Waals surface area contributed by atoms with Gasteiger partial charge in [-0.2, -0.15) is 0 Å². The van der Waals surface area contributed by atoms with Gasteiger partial charge in [-0.1, -0.05) is 92.8 Å². The molecule has 12 heteroatoms. The van der Waals surface area contributed by atoms with Crippen LogP contribution in [-0.4, -0.2) is 28.2 Å². The summed E-state index contributed by atoms with van der Waals surface area (Å²) in [6.07, 6.45) is 0. The molecule has 0 aromatic carbocycles. The lowest BCUT2D eigenvalue weighted by atomic mass is 9.52. The van der Waals surface area contributed by atoms with Crippen LogP contribution in [0.4, 0.5) is 0 Å². The second-order valence-corrected chi connectivity index (χ2v) is 12.8. The van der Waals surface area contributed by atoms with Gasteiger partial charge in [0, 0.05) is 11.8 Å². The second-order valence-electron chi connectivity index (χ2n) is 6.21. The van der Waals surface area contributed by atoms with Crippen molar-refractivity contribution in [3.8, 4) is 0 Å². The van der Waals surface area contributed by atoms with Crippen molar-refractivity contribution in [2.24, 2.45) is 11.8 Å². The number of halogens is 12. The molecule has 2 bridgehead atoms. The zero-order valence-corrected chi connectivity index (χ0v) is 19.8. The number of alkyl halides is 8. The van der Waals surface area contributed by atoms with Gasteiger partial charge in [-0.25, -0.2) is 0 Å². The zero-order chi connectivity index (χ0) is 18.5. The van der Waals surface area contributed by atoms with E-state index in [1.807, 2.05) is 0 Å². The summed E-state index contributed by atoms with van der Waals surface area (Å²) in [5, 5.41) is -0.222. The number of hydrogen-bond donors (Lipinski definition) is 0. The van der Waals surface area contributed by atoms with Crippen LogP contribution in [-0.2, 0) is 0 Å². The van der Waals surface area contributed by atoms with Gasteiger partial charge in [0.25, 0.3) is 0 Å².